The first kappa shape index (κ1) is 21.4. The van der Waals surface area contributed by atoms with Crippen LogP contribution in [0.25, 0.3) is 0 Å². The third-order valence-electron chi connectivity index (χ3n) is 4.49. The lowest BCUT2D eigenvalue weighted by Gasteiger charge is -2.18. The fraction of sp³-hybridized carbons (Fsp3) is 0.333. The Labute approximate surface area is 173 Å². The number of nitrogens with one attached hydrogen (secondary N) is 3. The van der Waals surface area contributed by atoms with E-state index in [2.05, 4.69) is 25.7 Å². The van der Waals surface area contributed by atoms with Crippen LogP contribution in [-0.2, 0) is 17.8 Å². The van der Waals surface area contributed by atoms with Gasteiger partial charge in [0.15, 0.2) is 5.96 Å². The maximum absolute atomic E-state index is 12.5. The van der Waals surface area contributed by atoms with Crippen LogP contribution in [0.4, 0.5) is 14.5 Å². The van der Waals surface area contributed by atoms with E-state index in [9.17, 15) is 13.6 Å². The van der Waals surface area contributed by atoms with Gasteiger partial charge in [0.2, 0.25) is 5.91 Å². The standard InChI is InChI=1S/C21H24F2N4O3/c1-24-21(26-13-15-4-2-3-5-18(15)30-20(22)23)25-10-11-29-16-7-8-17-14(12-16)6-9-19(28)27-17/h2-5,7-8,12,20H,6,9-11,13H2,1H3,(H,27,28)(H2,24,25,26). The predicted octanol–water partition coefficient (Wildman–Crippen LogP) is 2.92. The molecule has 30 heavy (non-hydrogen) atoms. The molecule has 0 spiro atoms. The Morgan fingerprint density at radius 2 is 2.03 bits per heavy atom. The van der Waals surface area contributed by atoms with Gasteiger partial charge in [-0.2, -0.15) is 8.78 Å². The highest BCUT2D eigenvalue weighted by Gasteiger charge is 2.15. The van der Waals surface area contributed by atoms with Gasteiger partial charge in [-0.3, -0.25) is 9.79 Å². The molecular formula is C21H24F2N4O3. The highest BCUT2D eigenvalue weighted by molar-refractivity contribution is 5.94. The minimum Gasteiger partial charge on any atom is -0.492 e. The molecule has 3 rings (SSSR count). The van der Waals surface area contributed by atoms with E-state index in [-0.39, 0.29) is 18.2 Å². The Balaban J connectivity index is 1.44. The molecule has 1 aliphatic rings. The van der Waals surface area contributed by atoms with Crippen LogP contribution in [-0.4, -0.2) is 38.7 Å². The molecule has 0 atom stereocenters. The Morgan fingerprint density at radius 1 is 1.20 bits per heavy atom. The summed E-state index contributed by atoms with van der Waals surface area (Å²) in [6.07, 6.45) is 1.18. The van der Waals surface area contributed by atoms with E-state index in [1.807, 2.05) is 18.2 Å². The normalized spacial score (nSPS) is 13.5. The van der Waals surface area contributed by atoms with Gasteiger partial charge in [-0.1, -0.05) is 18.2 Å². The monoisotopic (exact) mass is 418 g/mol. The molecule has 0 saturated heterocycles. The third-order valence-corrected chi connectivity index (χ3v) is 4.49. The topological polar surface area (TPSA) is 84.0 Å². The Kier molecular flexibility index (Phi) is 7.42. The number of benzene rings is 2. The van der Waals surface area contributed by atoms with Gasteiger partial charge in [0, 0.05) is 31.3 Å². The number of guanidine groups is 1. The summed E-state index contributed by atoms with van der Waals surface area (Å²) < 4.78 is 35.3. The molecule has 1 amide bonds. The molecule has 9 heteroatoms. The van der Waals surface area contributed by atoms with E-state index in [1.54, 1.807) is 25.2 Å². The van der Waals surface area contributed by atoms with Crippen LogP contribution in [0, 0.1) is 0 Å². The van der Waals surface area contributed by atoms with Crippen molar-refractivity contribution in [3.05, 3.63) is 53.6 Å². The Hall–Kier alpha value is -3.36. The number of carbonyl (C=O) groups is 1. The van der Waals surface area contributed by atoms with Gasteiger partial charge in [0.05, 0.1) is 6.54 Å². The van der Waals surface area contributed by atoms with Crippen LogP contribution < -0.4 is 25.4 Å². The maximum atomic E-state index is 12.5. The lowest BCUT2D eigenvalue weighted by Crippen LogP contribution is -2.39. The molecule has 0 fully saturated rings. The fourth-order valence-corrected chi connectivity index (χ4v) is 3.05. The zero-order valence-electron chi connectivity index (χ0n) is 16.6. The number of rotatable bonds is 8. The summed E-state index contributed by atoms with van der Waals surface area (Å²) in [5, 5.41) is 9.00. The molecule has 3 N–H and O–H groups in total. The number of alkyl halides is 2. The zero-order chi connectivity index (χ0) is 21.3. The predicted molar refractivity (Wildman–Crippen MR) is 110 cm³/mol. The van der Waals surface area contributed by atoms with Crippen molar-refractivity contribution in [1.29, 1.82) is 0 Å². The lowest BCUT2D eigenvalue weighted by atomic mass is 10.0. The average molecular weight is 418 g/mol. The number of carbonyl (C=O) groups excluding carboxylic acids is 1. The number of nitrogens with zero attached hydrogens (tertiary/aromatic N) is 1. The zero-order valence-corrected chi connectivity index (χ0v) is 16.6. The first-order valence-electron chi connectivity index (χ1n) is 9.58. The summed E-state index contributed by atoms with van der Waals surface area (Å²) in [5.41, 5.74) is 2.48. The third kappa shape index (κ3) is 6.07. The second-order valence-corrected chi connectivity index (χ2v) is 6.55. The van der Waals surface area contributed by atoms with Crippen molar-refractivity contribution < 1.29 is 23.0 Å². The molecule has 2 aromatic rings. The number of hydrogen-bond acceptors (Lipinski definition) is 4. The van der Waals surface area contributed by atoms with Crippen LogP contribution in [0.2, 0.25) is 0 Å². The summed E-state index contributed by atoms with van der Waals surface area (Å²) in [7, 11) is 1.62. The number of para-hydroxylation sites is 1. The van der Waals surface area contributed by atoms with Gasteiger partial charge in [-0.05, 0) is 36.2 Å². The fourth-order valence-electron chi connectivity index (χ4n) is 3.05. The average Bonchev–Trinajstić information content (AvgIpc) is 2.74. The molecule has 160 valence electrons. The number of hydrogen-bond donors (Lipinski definition) is 3. The molecule has 1 heterocycles. The summed E-state index contributed by atoms with van der Waals surface area (Å²) in [6.45, 7) is -1.71. The Bertz CT molecular complexity index is 906. The van der Waals surface area contributed by atoms with Crippen LogP contribution >= 0.6 is 0 Å². The number of halogens is 2. The summed E-state index contributed by atoms with van der Waals surface area (Å²) in [5.74, 6) is 1.40. The van der Waals surface area contributed by atoms with Crippen molar-refractivity contribution in [1.82, 2.24) is 10.6 Å². The minimum absolute atomic E-state index is 0.0302. The molecule has 0 saturated carbocycles. The van der Waals surface area contributed by atoms with Crippen molar-refractivity contribution in [2.24, 2.45) is 4.99 Å². The van der Waals surface area contributed by atoms with Crippen molar-refractivity contribution in [2.45, 2.75) is 26.0 Å². The quantitative estimate of drug-likeness (QED) is 0.349. The largest absolute Gasteiger partial charge is 0.492 e. The van der Waals surface area contributed by atoms with Gasteiger partial charge < -0.3 is 25.4 Å². The van der Waals surface area contributed by atoms with Gasteiger partial charge >= 0.3 is 6.61 Å². The van der Waals surface area contributed by atoms with Gasteiger partial charge in [-0.15, -0.1) is 0 Å². The van der Waals surface area contributed by atoms with Gasteiger partial charge in [-0.25, -0.2) is 0 Å². The van der Waals surface area contributed by atoms with Crippen LogP contribution in [0.3, 0.4) is 0 Å². The van der Waals surface area contributed by atoms with Crippen molar-refractivity contribution in [3.63, 3.8) is 0 Å². The number of amides is 1. The van der Waals surface area contributed by atoms with Crippen LogP contribution in [0.5, 0.6) is 11.5 Å². The molecule has 1 aliphatic heterocycles. The number of anilines is 1. The molecule has 2 aromatic carbocycles. The molecular weight excluding hydrogens is 394 g/mol. The van der Waals surface area contributed by atoms with Gasteiger partial charge in [0.25, 0.3) is 0 Å². The lowest BCUT2D eigenvalue weighted by molar-refractivity contribution is -0.116. The molecule has 7 nitrogen and oxygen atoms in total. The number of aliphatic imine (C=N–C) groups is 1. The first-order chi connectivity index (χ1) is 14.5. The number of fused-ring (bicyclic) bond motifs is 1. The summed E-state index contributed by atoms with van der Waals surface area (Å²) in [4.78, 5) is 15.5. The highest BCUT2D eigenvalue weighted by atomic mass is 19.3. The van der Waals surface area contributed by atoms with Crippen LogP contribution in [0.1, 0.15) is 17.5 Å². The van der Waals surface area contributed by atoms with E-state index < -0.39 is 6.61 Å². The summed E-state index contributed by atoms with van der Waals surface area (Å²) >= 11 is 0. The molecule has 0 aliphatic carbocycles. The van der Waals surface area contributed by atoms with E-state index in [0.29, 0.717) is 37.5 Å². The highest BCUT2D eigenvalue weighted by Crippen LogP contribution is 2.26. The number of aryl methyl sites for hydroxylation is 1. The van der Waals surface area contributed by atoms with Crippen LogP contribution in [0.15, 0.2) is 47.5 Å². The SMILES string of the molecule is CN=C(NCCOc1ccc2c(c1)CCC(=O)N2)NCc1ccccc1OC(F)F. The van der Waals surface area contributed by atoms with E-state index >= 15 is 0 Å². The summed E-state index contributed by atoms with van der Waals surface area (Å²) in [6, 6.07) is 12.2. The molecule has 0 radical (unpaired) electrons. The molecule has 0 unspecified atom stereocenters. The van der Waals surface area contributed by atoms with Crippen molar-refractivity contribution in [3.8, 4) is 11.5 Å². The smallest absolute Gasteiger partial charge is 0.387 e. The van der Waals surface area contributed by atoms with Crippen molar-refractivity contribution in [2.75, 3.05) is 25.5 Å². The molecule has 0 bridgehead atoms. The second-order valence-electron chi connectivity index (χ2n) is 6.55. The second kappa shape index (κ2) is 10.4. The maximum Gasteiger partial charge on any atom is 0.387 e. The molecule has 0 aromatic heterocycles. The minimum atomic E-state index is -2.87. The van der Waals surface area contributed by atoms with Gasteiger partial charge in [0.1, 0.15) is 18.1 Å². The first-order valence-corrected chi connectivity index (χ1v) is 9.58. The Morgan fingerprint density at radius 3 is 2.83 bits per heavy atom. The van der Waals surface area contributed by atoms with E-state index in [0.717, 1.165) is 17.0 Å². The van der Waals surface area contributed by atoms with Crippen molar-refractivity contribution >= 4 is 17.6 Å². The number of ether oxygens (including phenoxy) is 2. The van der Waals surface area contributed by atoms with E-state index in [4.69, 9.17) is 4.74 Å². The van der Waals surface area contributed by atoms with E-state index in [1.165, 1.54) is 6.07 Å².